The van der Waals surface area contributed by atoms with Crippen molar-refractivity contribution in [1.82, 2.24) is 29.4 Å². The van der Waals surface area contributed by atoms with Gasteiger partial charge < -0.3 is 9.64 Å². The van der Waals surface area contributed by atoms with Crippen molar-refractivity contribution in [1.29, 1.82) is 0 Å². The van der Waals surface area contributed by atoms with E-state index in [-0.39, 0.29) is 16.9 Å². The molecule has 0 fully saturated rings. The first-order valence-electron chi connectivity index (χ1n) is 8.40. The number of amides is 1. The lowest BCUT2D eigenvalue weighted by molar-refractivity contribution is -0.274. The topological polar surface area (TPSA) is 112 Å². The molecule has 3 aromatic rings. The number of Topliss-reactive ketones (excluding diaryl/α,β-unsaturated/α-hetero) is 1. The average molecular weight is 424 g/mol. The van der Waals surface area contributed by atoms with Crippen molar-refractivity contribution in [3.05, 3.63) is 40.9 Å². The molecule has 0 aliphatic rings. The second-order valence-electron chi connectivity index (χ2n) is 6.42. The van der Waals surface area contributed by atoms with E-state index in [1.54, 1.807) is 0 Å². The lowest BCUT2D eigenvalue weighted by Crippen LogP contribution is -2.40. The largest absolute Gasteiger partial charge is 0.573 e. The summed E-state index contributed by atoms with van der Waals surface area (Å²) in [7, 11) is 2.88. The van der Waals surface area contributed by atoms with Crippen LogP contribution in [-0.2, 0) is 9.59 Å². The van der Waals surface area contributed by atoms with Crippen LogP contribution in [0.2, 0.25) is 0 Å². The van der Waals surface area contributed by atoms with Gasteiger partial charge in [-0.1, -0.05) is 5.21 Å². The molecule has 1 aromatic carbocycles. The number of likely N-dealkylation sites (N-methyl/N-ethyl adjacent to an activating group) is 1. The molecule has 13 heteroatoms. The van der Waals surface area contributed by atoms with Gasteiger partial charge in [-0.25, -0.2) is 4.98 Å². The summed E-state index contributed by atoms with van der Waals surface area (Å²) in [4.78, 5) is 42.3. The van der Waals surface area contributed by atoms with E-state index in [0.717, 1.165) is 27.7 Å². The molecule has 1 atom stereocenters. The highest BCUT2D eigenvalue weighted by Crippen LogP contribution is 2.24. The third-order valence-electron chi connectivity index (χ3n) is 4.04. The molecule has 1 amide bonds. The lowest BCUT2D eigenvalue weighted by atomic mass is 10.2. The number of halogens is 3. The van der Waals surface area contributed by atoms with Gasteiger partial charge >= 0.3 is 6.36 Å². The number of fused-ring (bicyclic) bond motifs is 1. The molecule has 0 saturated carbocycles. The molecule has 3 rings (SSSR count). The van der Waals surface area contributed by atoms with Crippen LogP contribution in [0.4, 0.5) is 13.2 Å². The minimum atomic E-state index is -4.83. The predicted molar refractivity (Wildman–Crippen MR) is 96.0 cm³/mol. The highest BCUT2D eigenvalue weighted by molar-refractivity contribution is 6.02. The molecule has 0 radical (unpaired) electrons. The summed E-state index contributed by atoms with van der Waals surface area (Å²) in [5, 5.41) is 7.56. The van der Waals surface area contributed by atoms with Crippen LogP contribution in [0.1, 0.15) is 13.0 Å². The highest BCUT2D eigenvalue weighted by atomic mass is 19.4. The van der Waals surface area contributed by atoms with Crippen LogP contribution in [-0.4, -0.2) is 61.6 Å². The molecule has 0 bridgehead atoms. The van der Waals surface area contributed by atoms with Crippen LogP contribution >= 0.6 is 0 Å². The van der Waals surface area contributed by atoms with Crippen molar-refractivity contribution in [2.45, 2.75) is 19.3 Å². The van der Waals surface area contributed by atoms with Crippen LogP contribution in [0.15, 0.2) is 35.4 Å². The third kappa shape index (κ3) is 3.99. The summed E-state index contributed by atoms with van der Waals surface area (Å²) in [6.07, 6.45) is -3.80. The van der Waals surface area contributed by atoms with Gasteiger partial charge in [0.15, 0.2) is 23.0 Å². The van der Waals surface area contributed by atoms with E-state index in [2.05, 4.69) is 20.0 Å². The number of rotatable bonds is 5. The van der Waals surface area contributed by atoms with E-state index in [9.17, 15) is 27.6 Å². The molecule has 0 spiro atoms. The Morgan fingerprint density at radius 1 is 1.17 bits per heavy atom. The molecule has 0 saturated heterocycles. The van der Waals surface area contributed by atoms with Crippen molar-refractivity contribution in [2.24, 2.45) is 0 Å². The Kier molecular flexibility index (Phi) is 5.29. The van der Waals surface area contributed by atoms with Gasteiger partial charge in [0, 0.05) is 14.1 Å². The van der Waals surface area contributed by atoms with Crippen molar-refractivity contribution in [2.75, 3.05) is 14.1 Å². The van der Waals surface area contributed by atoms with Gasteiger partial charge in [-0.15, -0.1) is 18.3 Å². The highest BCUT2D eigenvalue weighted by Gasteiger charge is 2.31. The molecule has 10 nitrogen and oxygen atoms in total. The zero-order valence-corrected chi connectivity index (χ0v) is 15.9. The molecule has 0 aliphatic carbocycles. The number of aromatic nitrogens is 5. The van der Waals surface area contributed by atoms with Gasteiger partial charge in [0.1, 0.15) is 12.1 Å². The number of carbonyl (C=O) groups excluding carboxylic acids is 2. The van der Waals surface area contributed by atoms with Gasteiger partial charge in [0.2, 0.25) is 0 Å². The first-order valence-corrected chi connectivity index (χ1v) is 8.40. The quantitative estimate of drug-likeness (QED) is 0.564. The van der Waals surface area contributed by atoms with E-state index < -0.39 is 35.4 Å². The second kappa shape index (κ2) is 7.57. The average Bonchev–Trinajstić information content (AvgIpc) is 3.07. The smallest absolute Gasteiger partial charge is 0.406 e. The fourth-order valence-electron chi connectivity index (χ4n) is 2.70. The second-order valence-corrected chi connectivity index (χ2v) is 6.42. The van der Waals surface area contributed by atoms with Crippen molar-refractivity contribution < 1.29 is 27.5 Å². The van der Waals surface area contributed by atoms with Crippen molar-refractivity contribution in [3.63, 3.8) is 0 Å². The van der Waals surface area contributed by atoms with Crippen LogP contribution in [0.25, 0.3) is 16.9 Å². The Morgan fingerprint density at radius 2 is 1.80 bits per heavy atom. The Bertz CT molecular complexity index is 1170. The Balaban J connectivity index is 2.03. The summed E-state index contributed by atoms with van der Waals surface area (Å²) in [6, 6.07) is 3.28. The molecule has 0 N–H and O–H groups in total. The molecule has 2 aromatic heterocycles. The standard InChI is InChI=1S/C17H15F3N6O4/c1-9(27)13(16(29)24(2)3)25-8-21-14-12(15(25)28)22-23-26(14)10-4-6-11(7-5-10)30-17(18,19)20/h4-8,13H,1-3H3/t13-/m0/s1. The van der Waals surface area contributed by atoms with Gasteiger partial charge in [0.25, 0.3) is 11.5 Å². The molecular formula is C17H15F3N6O4. The molecule has 2 heterocycles. The SMILES string of the molecule is CC(=O)[C@@H](C(=O)N(C)C)n1cnc2c(nnn2-c2ccc(OC(F)(F)F)cc2)c1=O. The normalized spacial score (nSPS) is 12.6. The number of hydrogen-bond donors (Lipinski definition) is 0. The minimum absolute atomic E-state index is 0.000318. The number of nitrogens with zero attached hydrogens (tertiary/aromatic N) is 6. The summed E-state index contributed by atoms with van der Waals surface area (Å²) >= 11 is 0. The minimum Gasteiger partial charge on any atom is -0.406 e. The molecule has 158 valence electrons. The Labute approximate surface area is 166 Å². The number of alkyl halides is 3. The maximum atomic E-state index is 12.8. The van der Waals surface area contributed by atoms with E-state index in [1.165, 1.54) is 38.1 Å². The summed E-state index contributed by atoms with van der Waals surface area (Å²) < 4.78 is 42.7. The monoisotopic (exact) mass is 424 g/mol. The van der Waals surface area contributed by atoms with Gasteiger partial charge in [-0.3, -0.25) is 19.0 Å². The zero-order valence-electron chi connectivity index (χ0n) is 15.9. The lowest BCUT2D eigenvalue weighted by Gasteiger charge is -2.19. The van der Waals surface area contributed by atoms with Crippen molar-refractivity contribution in [3.8, 4) is 11.4 Å². The van der Waals surface area contributed by atoms with Crippen LogP contribution in [0, 0.1) is 0 Å². The van der Waals surface area contributed by atoms with Crippen LogP contribution in [0.5, 0.6) is 5.75 Å². The third-order valence-corrected chi connectivity index (χ3v) is 4.04. The number of ketones is 1. The van der Waals surface area contributed by atoms with E-state index in [0.29, 0.717) is 0 Å². The summed E-state index contributed by atoms with van der Waals surface area (Å²) in [6.45, 7) is 1.17. The molecule has 0 aliphatic heterocycles. The van der Waals surface area contributed by atoms with E-state index in [1.807, 2.05) is 0 Å². The number of benzene rings is 1. The number of hydrogen-bond acceptors (Lipinski definition) is 7. The first-order chi connectivity index (χ1) is 14.0. The molecule has 0 unspecified atom stereocenters. The van der Waals surface area contributed by atoms with Crippen LogP contribution < -0.4 is 10.3 Å². The number of carbonyl (C=O) groups is 2. The predicted octanol–water partition coefficient (Wildman–Crippen LogP) is 1.09. The fourth-order valence-corrected chi connectivity index (χ4v) is 2.70. The zero-order chi connectivity index (χ0) is 22.2. The van der Waals surface area contributed by atoms with Gasteiger partial charge in [-0.05, 0) is 31.2 Å². The van der Waals surface area contributed by atoms with Gasteiger partial charge in [0.05, 0.1) is 5.69 Å². The van der Waals surface area contributed by atoms with E-state index >= 15 is 0 Å². The Morgan fingerprint density at radius 3 is 2.33 bits per heavy atom. The first kappa shape index (κ1) is 21.0. The Hall–Kier alpha value is -3.77. The summed E-state index contributed by atoms with van der Waals surface area (Å²) in [5.41, 5.74) is -0.714. The maximum Gasteiger partial charge on any atom is 0.573 e. The van der Waals surface area contributed by atoms with E-state index in [4.69, 9.17) is 0 Å². The van der Waals surface area contributed by atoms with Crippen LogP contribution in [0.3, 0.4) is 0 Å². The summed E-state index contributed by atoms with van der Waals surface area (Å²) in [5.74, 6) is -1.61. The number of ether oxygens (including phenoxy) is 1. The van der Waals surface area contributed by atoms with Crippen molar-refractivity contribution >= 4 is 22.9 Å². The fraction of sp³-hybridized carbons (Fsp3) is 0.294. The molecular weight excluding hydrogens is 409 g/mol. The molecule has 30 heavy (non-hydrogen) atoms. The van der Waals surface area contributed by atoms with Gasteiger partial charge in [-0.2, -0.15) is 4.68 Å². The maximum absolute atomic E-state index is 12.8.